The lowest BCUT2D eigenvalue weighted by Crippen LogP contribution is -2.35. The van der Waals surface area contributed by atoms with Crippen LogP contribution in [-0.4, -0.2) is 31.3 Å². The highest BCUT2D eigenvalue weighted by molar-refractivity contribution is 5.96. The monoisotopic (exact) mass is 293 g/mol. The molecule has 0 saturated heterocycles. The quantitative estimate of drug-likeness (QED) is 0.557. The molecule has 1 rings (SSSR count). The van der Waals surface area contributed by atoms with E-state index in [4.69, 9.17) is 5.73 Å². The summed E-state index contributed by atoms with van der Waals surface area (Å²) in [6.07, 6.45) is -3.76. The molecule has 0 fully saturated rings. The van der Waals surface area contributed by atoms with Crippen molar-refractivity contribution < 1.29 is 22.4 Å². The van der Waals surface area contributed by atoms with Gasteiger partial charge in [0.25, 0.3) is 5.91 Å². The summed E-state index contributed by atoms with van der Waals surface area (Å²) in [6.45, 7) is 0.929. The number of nitrogens with one attached hydrogen (secondary N) is 2. The van der Waals surface area contributed by atoms with E-state index in [0.717, 1.165) is 0 Å². The van der Waals surface area contributed by atoms with E-state index in [-0.39, 0.29) is 22.8 Å². The van der Waals surface area contributed by atoms with Crippen molar-refractivity contribution in [3.8, 4) is 0 Å². The molecular formula is C12H15F4N3O. The summed E-state index contributed by atoms with van der Waals surface area (Å²) in [7, 11) is 0. The number of carbonyl (C=O) groups excluding carboxylic acids is 1. The van der Waals surface area contributed by atoms with Crippen LogP contribution in [0, 0.1) is 0 Å². The number of amides is 1. The second-order valence-corrected chi connectivity index (χ2v) is 4.08. The number of alkyl halides is 4. The zero-order valence-corrected chi connectivity index (χ0v) is 10.7. The average Bonchev–Trinajstić information content (AvgIpc) is 2.37. The van der Waals surface area contributed by atoms with E-state index >= 15 is 0 Å². The Morgan fingerprint density at radius 3 is 2.55 bits per heavy atom. The Morgan fingerprint density at radius 2 is 2.05 bits per heavy atom. The minimum Gasteiger partial charge on any atom is -0.397 e. The number of benzene rings is 1. The van der Waals surface area contributed by atoms with Gasteiger partial charge < -0.3 is 16.4 Å². The Hall–Kier alpha value is -1.99. The van der Waals surface area contributed by atoms with Gasteiger partial charge in [0, 0.05) is 12.1 Å². The molecule has 0 aliphatic rings. The van der Waals surface area contributed by atoms with Crippen LogP contribution >= 0.6 is 0 Å². The van der Waals surface area contributed by atoms with Gasteiger partial charge in [-0.3, -0.25) is 4.79 Å². The molecule has 1 aromatic carbocycles. The van der Waals surface area contributed by atoms with E-state index in [1.165, 1.54) is 18.2 Å². The van der Waals surface area contributed by atoms with Crippen molar-refractivity contribution in [2.45, 2.75) is 19.3 Å². The van der Waals surface area contributed by atoms with Crippen molar-refractivity contribution in [1.29, 1.82) is 0 Å². The third kappa shape index (κ3) is 4.01. The smallest absolute Gasteiger partial charge is 0.324 e. The second-order valence-electron chi connectivity index (χ2n) is 4.08. The fourth-order valence-electron chi connectivity index (χ4n) is 1.42. The Labute approximate surface area is 113 Å². The molecule has 0 atom stereocenters. The first kappa shape index (κ1) is 16.1. The molecule has 0 aliphatic carbocycles. The summed E-state index contributed by atoms with van der Waals surface area (Å²) in [4.78, 5) is 11.5. The lowest BCUT2D eigenvalue weighted by molar-refractivity contribution is -0.117. The number of hydrogen-bond donors (Lipinski definition) is 3. The van der Waals surface area contributed by atoms with Crippen LogP contribution in [0.1, 0.15) is 17.3 Å². The van der Waals surface area contributed by atoms with E-state index < -0.39 is 18.9 Å². The lowest BCUT2D eigenvalue weighted by Gasteiger charge is -2.17. The van der Waals surface area contributed by atoms with E-state index in [1.807, 2.05) is 0 Å². The van der Waals surface area contributed by atoms with Gasteiger partial charge in [-0.25, -0.2) is 8.78 Å². The number of nitrogen functional groups attached to an aromatic ring is 1. The number of carbonyl (C=O) groups is 1. The Balaban J connectivity index is 2.77. The first-order chi connectivity index (χ1) is 9.27. The zero-order chi connectivity index (χ0) is 15.3. The van der Waals surface area contributed by atoms with Crippen LogP contribution in [0.4, 0.5) is 28.9 Å². The summed E-state index contributed by atoms with van der Waals surface area (Å²) in [6, 6.07) is 3.94. The molecule has 8 heteroatoms. The topological polar surface area (TPSA) is 67.2 Å². The van der Waals surface area contributed by atoms with Crippen molar-refractivity contribution in [2.75, 3.05) is 24.1 Å². The molecule has 0 unspecified atom stereocenters. The Kier molecular flexibility index (Phi) is 5.18. The van der Waals surface area contributed by atoms with Gasteiger partial charge in [0.2, 0.25) is 0 Å². The molecule has 20 heavy (non-hydrogen) atoms. The highest BCUT2D eigenvalue weighted by atomic mass is 19.3. The molecule has 0 heterocycles. The standard InChI is InChI=1S/C12H15F4N3O/c1-2-18-10(20)7-3-4-9(8(17)5-7)19-6-12(15,16)11(13)14/h3-5,11,19H,2,6,17H2,1H3,(H,18,20). The van der Waals surface area contributed by atoms with Gasteiger partial charge in [-0.1, -0.05) is 0 Å². The summed E-state index contributed by atoms with van der Waals surface area (Å²) < 4.78 is 49.5. The molecular weight excluding hydrogens is 278 g/mol. The summed E-state index contributed by atoms with van der Waals surface area (Å²) in [5.41, 5.74) is 5.94. The highest BCUT2D eigenvalue weighted by Gasteiger charge is 2.40. The minimum absolute atomic E-state index is 0.0267. The van der Waals surface area contributed by atoms with Crippen molar-refractivity contribution in [2.24, 2.45) is 0 Å². The van der Waals surface area contributed by atoms with E-state index in [2.05, 4.69) is 10.6 Å². The SMILES string of the molecule is CCNC(=O)c1ccc(NCC(F)(F)C(F)F)c(N)c1. The molecule has 0 saturated carbocycles. The van der Waals surface area contributed by atoms with Crippen LogP contribution in [-0.2, 0) is 0 Å². The van der Waals surface area contributed by atoms with E-state index in [9.17, 15) is 22.4 Å². The highest BCUT2D eigenvalue weighted by Crippen LogP contribution is 2.25. The van der Waals surface area contributed by atoms with Crippen LogP contribution in [0.15, 0.2) is 18.2 Å². The van der Waals surface area contributed by atoms with Crippen LogP contribution in [0.2, 0.25) is 0 Å². The first-order valence-corrected chi connectivity index (χ1v) is 5.85. The number of halogens is 4. The van der Waals surface area contributed by atoms with Gasteiger partial charge in [-0.05, 0) is 25.1 Å². The van der Waals surface area contributed by atoms with Crippen molar-refractivity contribution >= 4 is 17.3 Å². The molecule has 0 spiro atoms. The lowest BCUT2D eigenvalue weighted by atomic mass is 10.1. The molecule has 112 valence electrons. The van der Waals surface area contributed by atoms with Crippen molar-refractivity contribution in [3.05, 3.63) is 23.8 Å². The van der Waals surface area contributed by atoms with Crippen LogP contribution in [0.5, 0.6) is 0 Å². The molecule has 0 bridgehead atoms. The molecule has 0 aliphatic heterocycles. The Bertz CT molecular complexity index is 480. The van der Waals surface area contributed by atoms with Gasteiger partial charge in [-0.2, -0.15) is 8.78 Å². The second kappa shape index (κ2) is 6.44. The largest absolute Gasteiger partial charge is 0.397 e. The fraction of sp³-hybridized carbons (Fsp3) is 0.417. The van der Waals surface area contributed by atoms with Gasteiger partial charge in [0.15, 0.2) is 0 Å². The maximum Gasteiger partial charge on any atom is 0.324 e. The van der Waals surface area contributed by atoms with Crippen molar-refractivity contribution in [3.63, 3.8) is 0 Å². The third-order valence-corrected chi connectivity index (χ3v) is 2.48. The predicted octanol–water partition coefficient (Wildman–Crippen LogP) is 2.33. The molecule has 0 aromatic heterocycles. The normalized spacial score (nSPS) is 11.5. The van der Waals surface area contributed by atoms with Gasteiger partial charge >= 0.3 is 12.3 Å². The number of nitrogens with two attached hydrogens (primary N) is 1. The number of anilines is 2. The van der Waals surface area contributed by atoms with Gasteiger partial charge in [0.1, 0.15) is 0 Å². The van der Waals surface area contributed by atoms with Gasteiger partial charge in [-0.15, -0.1) is 0 Å². The van der Waals surface area contributed by atoms with Gasteiger partial charge in [0.05, 0.1) is 17.9 Å². The average molecular weight is 293 g/mol. The maximum atomic E-state index is 12.8. The molecule has 4 N–H and O–H groups in total. The summed E-state index contributed by atoms with van der Waals surface area (Å²) in [5, 5.41) is 4.69. The molecule has 1 amide bonds. The Morgan fingerprint density at radius 1 is 1.40 bits per heavy atom. The summed E-state index contributed by atoms with van der Waals surface area (Å²) >= 11 is 0. The van der Waals surface area contributed by atoms with Crippen molar-refractivity contribution in [1.82, 2.24) is 5.32 Å². The molecule has 0 radical (unpaired) electrons. The van der Waals surface area contributed by atoms with Crippen LogP contribution < -0.4 is 16.4 Å². The minimum atomic E-state index is -4.15. The summed E-state index contributed by atoms with van der Waals surface area (Å²) in [5.74, 6) is -4.51. The number of rotatable bonds is 6. The number of hydrogen-bond acceptors (Lipinski definition) is 3. The van der Waals surface area contributed by atoms with Crippen LogP contribution in [0.3, 0.4) is 0 Å². The zero-order valence-electron chi connectivity index (χ0n) is 10.7. The van der Waals surface area contributed by atoms with Crippen LogP contribution in [0.25, 0.3) is 0 Å². The predicted molar refractivity (Wildman–Crippen MR) is 68.3 cm³/mol. The fourth-order valence-corrected chi connectivity index (χ4v) is 1.42. The first-order valence-electron chi connectivity index (χ1n) is 5.85. The molecule has 4 nitrogen and oxygen atoms in total. The van der Waals surface area contributed by atoms with E-state index in [0.29, 0.717) is 6.54 Å². The maximum absolute atomic E-state index is 12.8. The molecule has 1 aromatic rings. The van der Waals surface area contributed by atoms with E-state index in [1.54, 1.807) is 6.92 Å². The third-order valence-electron chi connectivity index (χ3n) is 2.48.